The van der Waals surface area contributed by atoms with Crippen LogP contribution in [0.3, 0.4) is 0 Å². The maximum atomic E-state index is 5.84. The minimum atomic E-state index is 0.367. The Balaban J connectivity index is 2.48. The Labute approximate surface area is 114 Å². The van der Waals surface area contributed by atoms with Crippen molar-refractivity contribution in [1.29, 1.82) is 0 Å². The van der Waals surface area contributed by atoms with Crippen LogP contribution in [-0.4, -0.2) is 22.1 Å². The number of hydrogen-bond donors (Lipinski definition) is 1. The van der Waals surface area contributed by atoms with Crippen molar-refractivity contribution in [2.45, 2.75) is 13.5 Å². The zero-order chi connectivity index (χ0) is 13.1. The van der Waals surface area contributed by atoms with Crippen molar-refractivity contribution in [3.05, 3.63) is 34.1 Å². The smallest absolute Gasteiger partial charge is 0.180 e. The van der Waals surface area contributed by atoms with Gasteiger partial charge in [-0.3, -0.25) is 4.98 Å². The second kappa shape index (κ2) is 5.41. The average molecular weight is 309 g/mol. The molecule has 94 valence electrons. The van der Waals surface area contributed by atoms with Crippen molar-refractivity contribution in [3.63, 3.8) is 0 Å². The van der Waals surface area contributed by atoms with E-state index in [1.165, 1.54) is 0 Å². The van der Waals surface area contributed by atoms with Gasteiger partial charge in [-0.05, 0) is 34.5 Å². The van der Waals surface area contributed by atoms with Gasteiger partial charge in [-0.1, -0.05) is 6.07 Å². The molecule has 0 saturated heterocycles. The lowest BCUT2D eigenvalue weighted by Gasteiger charge is -2.08. The van der Waals surface area contributed by atoms with E-state index in [2.05, 4.69) is 30.9 Å². The lowest BCUT2D eigenvalue weighted by molar-refractivity contribution is 0.181. The molecule has 18 heavy (non-hydrogen) atoms. The van der Waals surface area contributed by atoms with Gasteiger partial charge in [-0.2, -0.15) is 0 Å². The van der Waals surface area contributed by atoms with Gasteiger partial charge < -0.3 is 10.5 Å². The van der Waals surface area contributed by atoms with E-state index in [9.17, 15) is 0 Å². The summed E-state index contributed by atoms with van der Waals surface area (Å²) in [4.78, 5) is 12.9. The van der Waals surface area contributed by atoms with Gasteiger partial charge in [0.2, 0.25) is 0 Å². The lowest BCUT2D eigenvalue weighted by atomic mass is 10.2. The number of pyridine rings is 1. The fourth-order valence-electron chi connectivity index (χ4n) is 1.46. The molecule has 6 heteroatoms. The normalized spacial score (nSPS) is 10.6. The summed E-state index contributed by atoms with van der Waals surface area (Å²) < 4.78 is 5.74. The maximum Gasteiger partial charge on any atom is 0.180 e. The van der Waals surface area contributed by atoms with E-state index in [1.807, 2.05) is 19.1 Å². The van der Waals surface area contributed by atoms with Gasteiger partial charge in [-0.15, -0.1) is 0 Å². The molecule has 2 heterocycles. The molecule has 0 aliphatic rings. The molecule has 0 aliphatic heterocycles. The minimum absolute atomic E-state index is 0.367. The molecule has 0 amide bonds. The first-order valence-corrected chi connectivity index (χ1v) is 6.15. The van der Waals surface area contributed by atoms with Crippen molar-refractivity contribution < 1.29 is 4.74 Å². The van der Waals surface area contributed by atoms with Crippen LogP contribution in [-0.2, 0) is 11.3 Å². The van der Waals surface area contributed by atoms with E-state index < -0.39 is 0 Å². The minimum Gasteiger partial charge on any atom is -0.383 e. The molecule has 0 aromatic carbocycles. The zero-order valence-corrected chi connectivity index (χ0v) is 11.7. The van der Waals surface area contributed by atoms with E-state index in [-0.39, 0.29) is 0 Å². The molecule has 0 atom stereocenters. The van der Waals surface area contributed by atoms with Gasteiger partial charge in [0.25, 0.3) is 0 Å². The predicted octanol–water partition coefficient (Wildman–Crippen LogP) is 2.34. The molecule has 2 aromatic heterocycles. The van der Waals surface area contributed by atoms with Crippen LogP contribution in [0.4, 0.5) is 5.82 Å². The van der Waals surface area contributed by atoms with Crippen molar-refractivity contribution in [3.8, 4) is 11.5 Å². The molecular weight excluding hydrogens is 296 g/mol. The number of anilines is 1. The SMILES string of the molecule is COCc1nc(-c2ccc(C)cn2)nc(N)c1Br. The number of rotatable bonds is 3. The van der Waals surface area contributed by atoms with Crippen LogP contribution in [0.2, 0.25) is 0 Å². The first kappa shape index (κ1) is 12.9. The quantitative estimate of drug-likeness (QED) is 0.942. The average Bonchev–Trinajstić information content (AvgIpc) is 2.36. The molecule has 2 N–H and O–H groups in total. The van der Waals surface area contributed by atoms with Gasteiger partial charge in [0.1, 0.15) is 11.5 Å². The topological polar surface area (TPSA) is 73.9 Å². The molecule has 0 unspecified atom stereocenters. The summed E-state index contributed by atoms with van der Waals surface area (Å²) in [6, 6.07) is 3.83. The zero-order valence-electron chi connectivity index (χ0n) is 10.1. The number of ether oxygens (including phenoxy) is 1. The summed E-state index contributed by atoms with van der Waals surface area (Å²) in [5, 5.41) is 0. The molecule has 0 aliphatic carbocycles. The van der Waals surface area contributed by atoms with Crippen LogP contribution in [0.15, 0.2) is 22.8 Å². The summed E-state index contributed by atoms with van der Waals surface area (Å²) in [6.45, 7) is 2.34. The monoisotopic (exact) mass is 308 g/mol. The number of hydrogen-bond acceptors (Lipinski definition) is 5. The Morgan fingerprint density at radius 1 is 1.33 bits per heavy atom. The number of methoxy groups -OCH3 is 1. The largest absolute Gasteiger partial charge is 0.383 e. The third kappa shape index (κ3) is 2.65. The highest BCUT2D eigenvalue weighted by atomic mass is 79.9. The van der Waals surface area contributed by atoms with E-state index in [0.29, 0.717) is 34.1 Å². The molecule has 0 saturated carbocycles. The summed E-state index contributed by atoms with van der Waals surface area (Å²) in [5.41, 5.74) is 8.32. The van der Waals surface area contributed by atoms with Gasteiger partial charge in [0, 0.05) is 13.3 Å². The lowest BCUT2D eigenvalue weighted by Crippen LogP contribution is -2.04. The highest BCUT2D eigenvalue weighted by Crippen LogP contribution is 2.24. The summed E-state index contributed by atoms with van der Waals surface area (Å²) in [5.74, 6) is 0.886. The number of nitrogens with two attached hydrogens (primary N) is 1. The van der Waals surface area contributed by atoms with Crippen LogP contribution in [0.25, 0.3) is 11.5 Å². The van der Waals surface area contributed by atoms with Crippen LogP contribution in [0, 0.1) is 6.92 Å². The molecule has 2 aromatic rings. The summed E-state index contributed by atoms with van der Waals surface area (Å²) in [7, 11) is 1.61. The van der Waals surface area contributed by atoms with Crippen LogP contribution < -0.4 is 5.73 Å². The summed E-state index contributed by atoms with van der Waals surface area (Å²) in [6.07, 6.45) is 1.77. The van der Waals surface area contributed by atoms with E-state index in [4.69, 9.17) is 10.5 Å². The Morgan fingerprint density at radius 2 is 2.11 bits per heavy atom. The number of aryl methyl sites for hydroxylation is 1. The highest BCUT2D eigenvalue weighted by Gasteiger charge is 2.12. The third-order valence-electron chi connectivity index (χ3n) is 2.37. The van der Waals surface area contributed by atoms with Gasteiger partial charge in [0.05, 0.1) is 16.8 Å². The van der Waals surface area contributed by atoms with Crippen molar-refractivity contribution in [2.24, 2.45) is 0 Å². The standard InChI is InChI=1S/C12H13BrN4O/c1-7-3-4-8(15-5-7)12-16-9(6-18-2)10(13)11(14)17-12/h3-5H,6H2,1-2H3,(H2,14,16,17). The van der Waals surface area contributed by atoms with Crippen molar-refractivity contribution in [1.82, 2.24) is 15.0 Å². The molecular formula is C12H13BrN4O. The Morgan fingerprint density at radius 3 is 2.72 bits per heavy atom. The van der Waals surface area contributed by atoms with Gasteiger partial charge in [0.15, 0.2) is 5.82 Å². The molecule has 5 nitrogen and oxygen atoms in total. The van der Waals surface area contributed by atoms with Crippen molar-refractivity contribution in [2.75, 3.05) is 12.8 Å². The Kier molecular flexibility index (Phi) is 3.88. The fraction of sp³-hybridized carbons (Fsp3) is 0.250. The Bertz CT molecular complexity index is 557. The van der Waals surface area contributed by atoms with E-state index >= 15 is 0 Å². The summed E-state index contributed by atoms with van der Waals surface area (Å²) >= 11 is 3.35. The fourth-order valence-corrected chi connectivity index (χ4v) is 1.75. The molecule has 0 fully saturated rings. The number of nitrogens with zero attached hydrogens (tertiary/aromatic N) is 3. The van der Waals surface area contributed by atoms with Gasteiger partial charge >= 0.3 is 0 Å². The molecule has 0 spiro atoms. The molecule has 0 bridgehead atoms. The third-order valence-corrected chi connectivity index (χ3v) is 3.23. The first-order valence-electron chi connectivity index (χ1n) is 5.35. The van der Waals surface area contributed by atoms with E-state index in [1.54, 1.807) is 13.3 Å². The molecule has 0 radical (unpaired) electrons. The highest BCUT2D eigenvalue weighted by molar-refractivity contribution is 9.10. The van der Waals surface area contributed by atoms with Crippen LogP contribution in [0.5, 0.6) is 0 Å². The van der Waals surface area contributed by atoms with Crippen LogP contribution in [0.1, 0.15) is 11.3 Å². The first-order chi connectivity index (χ1) is 8.61. The second-order valence-electron chi connectivity index (χ2n) is 3.85. The number of halogens is 1. The Hall–Kier alpha value is -1.53. The maximum absolute atomic E-state index is 5.84. The molecule has 2 rings (SSSR count). The van der Waals surface area contributed by atoms with E-state index in [0.717, 1.165) is 5.56 Å². The number of nitrogen functional groups attached to an aromatic ring is 1. The predicted molar refractivity (Wildman–Crippen MR) is 72.8 cm³/mol. The van der Waals surface area contributed by atoms with Gasteiger partial charge in [-0.25, -0.2) is 9.97 Å². The van der Waals surface area contributed by atoms with Crippen molar-refractivity contribution >= 4 is 21.7 Å². The van der Waals surface area contributed by atoms with Crippen LogP contribution >= 0.6 is 15.9 Å². The second-order valence-corrected chi connectivity index (χ2v) is 4.64. The number of aromatic nitrogens is 3.